The summed E-state index contributed by atoms with van der Waals surface area (Å²) in [7, 11) is 0. The minimum atomic E-state index is 0.647. The van der Waals surface area contributed by atoms with Crippen molar-refractivity contribution < 1.29 is 0 Å². The lowest BCUT2D eigenvalue weighted by atomic mass is 10.0. The predicted molar refractivity (Wildman–Crippen MR) is 93.4 cm³/mol. The maximum Gasteiger partial charge on any atom is 0.0180 e. The van der Waals surface area contributed by atoms with Crippen molar-refractivity contribution in [3.63, 3.8) is 0 Å². The van der Waals surface area contributed by atoms with Gasteiger partial charge >= 0.3 is 0 Å². The number of rotatable bonds is 10. The van der Waals surface area contributed by atoms with Gasteiger partial charge in [0, 0.05) is 13.1 Å². The molecule has 0 heterocycles. The Morgan fingerprint density at radius 1 is 0.857 bits per heavy atom. The lowest BCUT2D eigenvalue weighted by Crippen LogP contribution is -2.30. The smallest absolute Gasteiger partial charge is 0.0180 e. The third-order valence-corrected chi connectivity index (χ3v) is 4.08. The predicted octanol–water partition coefficient (Wildman–Crippen LogP) is 4.08. The molecule has 0 unspecified atom stereocenters. The topological polar surface area (TPSA) is 29.3 Å². The molecule has 0 spiro atoms. The first-order valence-corrected chi connectivity index (χ1v) is 8.52. The van der Waals surface area contributed by atoms with Crippen LogP contribution in [0.2, 0.25) is 0 Å². The second kappa shape index (κ2) is 9.97. The van der Waals surface area contributed by atoms with Crippen LogP contribution in [0.25, 0.3) is 0 Å². The van der Waals surface area contributed by atoms with Crippen LogP contribution in [0.3, 0.4) is 0 Å². The molecular weight excluding hydrogens is 256 g/mol. The highest BCUT2D eigenvalue weighted by atomic mass is 15.1. The van der Waals surface area contributed by atoms with Gasteiger partial charge in [0.1, 0.15) is 0 Å². The van der Waals surface area contributed by atoms with Crippen molar-refractivity contribution in [2.24, 2.45) is 17.6 Å². The van der Waals surface area contributed by atoms with Crippen molar-refractivity contribution in [1.29, 1.82) is 0 Å². The van der Waals surface area contributed by atoms with Gasteiger partial charge in [0.05, 0.1) is 0 Å². The van der Waals surface area contributed by atoms with Crippen molar-refractivity contribution in [3.05, 3.63) is 35.4 Å². The second-order valence-electron chi connectivity index (χ2n) is 6.93. The molecule has 0 aliphatic rings. The molecule has 2 N–H and O–H groups in total. The van der Waals surface area contributed by atoms with Crippen LogP contribution in [0.1, 0.15) is 51.7 Å². The first kappa shape index (κ1) is 18.2. The molecule has 21 heavy (non-hydrogen) atoms. The molecule has 0 atom stereocenters. The number of nitrogens with zero attached hydrogens (tertiary/aromatic N) is 1. The Morgan fingerprint density at radius 2 is 1.38 bits per heavy atom. The lowest BCUT2D eigenvalue weighted by Gasteiger charge is -2.24. The van der Waals surface area contributed by atoms with Crippen molar-refractivity contribution in [2.75, 3.05) is 19.6 Å². The van der Waals surface area contributed by atoms with Crippen LogP contribution in [0.5, 0.6) is 0 Å². The molecule has 0 saturated heterocycles. The summed E-state index contributed by atoms with van der Waals surface area (Å²) < 4.78 is 0. The third kappa shape index (κ3) is 7.63. The van der Waals surface area contributed by atoms with Crippen molar-refractivity contribution >= 4 is 0 Å². The largest absolute Gasteiger partial charge is 0.326 e. The fraction of sp³-hybridized carbons (Fsp3) is 0.684. The Labute approximate surface area is 131 Å². The number of nitrogens with two attached hydrogens (primary N) is 1. The number of hydrogen-bond acceptors (Lipinski definition) is 2. The summed E-state index contributed by atoms with van der Waals surface area (Å²) in [6, 6.07) is 8.59. The fourth-order valence-corrected chi connectivity index (χ4v) is 2.50. The Kier molecular flexibility index (Phi) is 8.63. The first-order valence-electron chi connectivity index (χ1n) is 8.52. The van der Waals surface area contributed by atoms with Gasteiger partial charge in [-0.2, -0.15) is 0 Å². The van der Waals surface area contributed by atoms with E-state index < -0.39 is 0 Å². The molecule has 0 amide bonds. The van der Waals surface area contributed by atoms with E-state index in [4.69, 9.17) is 5.73 Å². The van der Waals surface area contributed by atoms with Gasteiger partial charge in [-0.25, -0.2) is 0 Å². The second-order valence-corrected chi connectivity index (χ2v) is 6.93. The summed E-state index contributed by atoms with van der Waals surface area (Å²) in [4.78, 5) is 2.63. The van der Waals surface area contributed by atoms with Crippen LogP contribution in [0.15, 0.2) is 24.3 Å². The van der Waals surface area contributed by atoms with Crippen molar-refractivity contribution in [1.82, 2.24) is 4.90 Å². The van der Waals surface area contributed by atoms with E-state index in [-0.39, 0.29) is 0 Å². The van der Waals surface area contributed by atoms with Crippen LogP contribution >= 0.6 is 0 Å². The van der Waals surface area contributed by atoms with E-state index in [1.54, 1.807) is 0 Å². The molecule has 0 aliphatic carbocycles. The molecule has 1 aromatic rings. The average Bonchev–Trinajstić information content (AvgIpc) is 2.46. The molecule has 1 aromatic carbocycles. The Morgan fingerprint density at radius 3 is 1.86 bits per heavy atom. The molecule has 0 aromatic heterocycles. The van der Waals surface area contributed by atoms with Crippen molar-refractivity contribution in [2.45, 2.75) is 53.5 Å². The quantitative estimate of drug-likeness (QED) is 0.703. The molecular formula is C19H34N2. The van der Waals surface area contributed by atoms with Gasteiger partial charge < -0.3 is 10.6 Å². The molecule has 1 rings (SSSR count). The van der Waals surface area contributed by atoms with E-state index in [1.807, 2.05) is 0 Å². The zero-order valence-corrected chi connectivity index (χ0v) is 14.4. The molecule has 0 aliphatic heterocycles. The van der Waals surface area contributed by atoms with E-state index in [2.05, 4.69) is 56.9 Å². The van der Waals surface area contributed by atoms with Gasteiger partial charge in [-0.05, 0) is 55.3 Å². The van der Waals surface area contributed by atoms with Crippen LogP contribution in [0.4, 0.5) is 0 Å². The van der Waals surface area contributed by atoms with E-state index >= 15 is 0 Å². The van der Waals surface area contributed by atoms with E-state index in [0.29, 0.717) is 6.54 Å². The maximum atomic E-state index is 5.84. The Bertz CT molecular complexity index is 373. The van der Waals surface area contributed by atoms with Crippen molar-refractivity contribution in [3.8, 4) is 0 Å². The highest BCUT2D eigenvalue weighted by Gasteiger charge is 2.09. The summed E-state index contributed by atoms with van der Waals surface area (Å²) in [5.41, 5.74) is 8.55. The van der Waals surface area contributed by atoms with Crippen LogP contribution in [0, 0.1) is 11.8 Å². The SMILES string of the molecule is CC(C)CCN(CCc1ccccc1CN)CCC(C)C. The van der Waals surface area contributed by atoms with Gasteiger partial charge in [-0.1, -0.05) is 52.0 Å². The number of benzene rings is 1. The molecule has 0 fully saturated rings. The minimum absolute atomic E-state index is 0.647. The van der Waals surface area contributed by atoms with E-state index in [9.17, 15) is 0 Å². The van der Waals surface area contributed by atoms with Crippen LogP contribution in [-0.2, 0) is 13.0 Å². The zero-order valence-electron chi connectivity index (χ0n) is 14.4. The Hall–Kier alpha value is -0.860. The zero-order chi connectivity index (χ0) is 15.7. The maximum absolute atomic E-state index is 5.84. The monoisotopic (exact) mass is 290 g/mol. The summed E-state index contributed by atoms with van der Waals surface area (Å²) in [5.74, 6) is 1.56. The van der Waals surface area contributed by atoms with Crippen LogP contribution < -0.4 is 5.73 Å². The highest BCUT2D eigenvalue weighted by Crippen LogP contribution is 2.12. The normalized spacial score (nSPS) is 11.8. The molecule has 2 heteroatoms. The van der Waals surface area contributed by atoms with E-state index in [1.165, 1.54) is 37.1 Å². The Balaban J connectivity index is 2.54. The van der Waals surface area contributed by atoms with E-state index in [0.717, 1.165) is 24.8 Å². The molecule has 0 saturated carbocycles. The standard InChI is InChI=1S/C19H34N2/c1-16(2)9-12-21(13-10-17(3)4)14-11-18-7-5-6-8-19(18)15-20/h5-8,16-17H,9-15,20H2,1-4H3. The third-order valence-electron chi connectivity index (χ3n) is 4.08. The summed E-state index contributed by atoms with van der Waals surface area (Å²) in [5, 5.41) is 0. The molecule has 120 valence electrons. The first-order chi connectivity index (χ1) is 10.0. The van der Waals surface area contributed by atoms with Gasteiger partial charge in [0.2, 0.25) is 0 Å². The lowest BCUT2D eigenvalue weighted by molar-refractivity contribution is 0.246. The summed E-state index contributed by atoms with van der Waals surface area (Å²) in [6.07, 6.45) is 3.69. The molecule has 0 radical (unpaired) electrons. The van der Waals surface area contributed by atoms with Gasteiger partial charge in [-0.3, -0.25) is 0 Å². The molecule has 2 nitrogen and oxygen atoms in total. The van der Waals surface area contributed by atoms with Crippen LogP contribution in [-0.4, -0.2) is 24.5 Å². The highest BCUT2D eigenvalue weighted by molar-refractivity contribution is 5.27. The van der Waals surface area contributed by atoms with Gasteiger partial charge in [0.25, 0.3) is 0 Å². The molecule has 0 bridgehead atoms. The average molecular weight is 290 g/mol. The minimum Gasteiger partial charge on any atom is -0.326 e. The fourth-order valence-electron chi connectivity index (χ4n) is 2.50. The summed E-state index contributed by atoms with van der Waals surface area (Å²) >= 11 is 0. The van der Waals surface area contributed by atoms with Gasteiger partial charge in [-0.15, -0.1) is 0 Å². The van der Waals surface area contributed by atoms with Gasteiger partial charge in [0.15, 0.2) is 0 Å². The summed E-state index contributed by atoms with van der Waals surface area (Å²) in [6.45, 7) is 13.5. The number of hydrogen-bond donors (Lipinski definition) is 1.